The number of hydrogen-bond donors (Lipinski definition) is 1. The molecule has 2 aliphatic heterocycles. The molecule has 4 rings (SSSR count). The Balaban J connectivity index is 1.38. The fraction of sp³-hybridized carbons (Fsp3) is 0.650. The molecule has 1 unspecified atom stereocenters. The lowest BCUT2D eigenvalue weighted by Gasteiger charge is -2.35. The summed E-state index contributed by atoms with van der Waals surface area (Å²) in [6.45, 7) is 6.82. The first-order valence-electron chi connectivity index (χ1n) is 10.1. The van der Waals surface area contributed by atoms with Gasteiger partial charge in [-0.3, -0.25) is 19.2 Å². The number of likely N-dealkylation sites (N-methyl/N-ethyl adjacent to an activating group) is 1. The number of rotatable bonds is 4. The molecule has 2 saturated heterocycles. The van der Waals surface area contributed by atoms with E-state index in [1.807, 2.05) is 29.7 Å². The third-order valence-corrected chi connectivity index (χ3v) is 7.22. The Bertz CT molecular complexity index is 894. The van der Waals surface area contributed by atoms with Crippen LogP contribution in [0, 0.1) is 0 Å². The number of piperidine rings is 1. The first-order chi connectivity index (χ1) is 13.3. The molecule has 2 fully saturated rings. The van der Waals surface area contributed by atoms with E-state index in [9.17, 15) is 9.59 Å². The van der Waals surface area contributed by atoms with E-state index >= 15 is 0 Å². The van der Waals surface area contributed by atoms with Crippen molar-refractivity contribution in [2.75, 3.05) is 26.7 Å². The maximum absolute atomic E-state index is 12.8. The Hall–Kier alpha value is -1.93. The molecule has 0 aliphatic carbocycles. The molecule has 2 amide bonds. The van der Waals surface area contributed by atoms with Gasteiger partial charge in [0, 0.05) is 45.2 Å². The molecule has 0 aromatic carbocycles. The molecule has 1 N–H and O–H groups in total. The van der Waals surface area contributed by atoms with Crippen molar-refractivity contribution in [2.24, 2.45) is 7.05 Å². The van der Waals surface area contributed by atoms with Crippen molar-refractivity contribution in [3.63, 3.8) is 0 Å². The lowest BCUT2D eigenvalue weighted by atomic mass is 10.0. The van der Waals surface area contributed by atoms with Gasteiger partial charge in [0.05, 0.1) is 16.6 Å². The van der Waals surface area contributed by atoms with Gasteiger partial charge in [-0.15, -0.1) is 11.3 Å². The van der Waals surface area contributed by atoms with E-state index in [0.29, 0.717) is 5.92 Å². The van der Waals surface area contributed by atoms with Gasteiger partial charge in [0.15, 0.2) is 0 Å². The number of amides is 2. The van der Waals surface area contributed by atoms with Crippen LogP contribution in [-0.4, -0.2) is 70.2 Å². The molecule has 0 saturated carbocycles. The molecule has 2 aromatic rings. The molecule has 2 aliphatic rings. The zero-order valence-corrected chi connectivity index (χ0v) is 17.9. The monoisotopic (exact) mass is 403 g/mol. The van der Waals surface area contributed by atoms with Crippen molar-refractivity contribution in [1.29, 1.82) is 0 Å². The van der Waals surface area contributed by atoms with Gasteiger partial charge >= 0.3 is 0 Å². The van der Waals surface area contributed by atoms with Crippen LogP contribution in [0.4, 0.5) is 0 Å². The van der Waals surface area contributed by atoms with Gasteiger partial charge in [-0.1, -0.05) is 13.8 Å². The number of thiophene rings is 1. The van der Waals surface area contributed by atoms with E-state index in [1.165, 1.54) is 11.3 Å². The summed E-state index contributed by atoms with van der Waals surface area (Å²) in [7, 11) is 3.81. The fourth-order valence-electron chi connectivity index (χ4n) is 4.36. The standard InChI is InChI=1S/C20H29N5O2S/c1-12(2)17-14-11-16(28-20(14)24(4)22-17)18(26)21-13-5-9-25(10-6-13)15-7-8-23(3)19(15)27/h11-13,15H,5-10H2,1-4H3,(H,21,26). The highest BCUT2D eigenvalue weighted by Gasteiger charge is 2.36. The molecule has 0 bridgehead atoms. The molecule has 2 aromatic heterocycles. The van der Waals surface area contributed by atoms with E-state index in [4.69, 9.17) is 0 Å². The van der Waals surface area contributed by atoms with E-state index in [2.05, 4.69) is 29.2 Å². The number of hydrogen-bond acceptors (Lipinski definition) is 5. The molecule has 152 valence electrons. The normalized spacial score (nSPS) is 22.0. The predicted molar refractivity (Wildman–Crippen MR) is 111 cm³/mol. The average Bonchev–Trinajstić information content (AvgIpc) is 3.32. The summed E-state index contributed by atoms with van der Waals surface area (Å²) >= 11 is 1.51. The summed E-state index contributed by atoms with van der Waals surface area (Å²) in [4.78, 5) is 30.9. The first-order valence-corrected chi connectivity index (χ1v) is 10.9. The van der Waals surface area contributed by atoms with Crippen LogP contribution in [0.15, 0.2) is 6.07 Å². The van der Waals surface area contributed by atoms with E-state index in [0.717, 1.165) is 59.7 Å². The van der Waals surface area contributed by atoms with Crippen molar-refractivity contribution >= 4 is 33.4 Å². The van der Waals surface area contributed by atoms with Crippen LogP contribution in [0.3, 0.4) is 0 Å². The van der Waals surface area contributed by atoms with Crippen LogP contribution in [0.25, 0.3) is 10.2 Å². The third-order valence-electron chi connectivity index (χ3n) is 6.02. The van der Waals surface area contributed by atoms with Gasteiger partial charge < -0.3 is 10.2 Å². The largest absolute Gasteiger partial charge is 0.349 e. The topological polar surface area (TPSA) is 70.5 Å². The molecular formula is C20H29N5O2S. The number of nitrogens with zero attached hydrogens (tertiary/aromatic N) is 4. The fourth-order valence-corrected chi connectivity index (χ4v) is 5.34. The van der Waals surface area contributed by atoms with Crippen molar-refractivity contribution < 1.29 is 9.59 Å². The molecule has 0 spiro atoms. The number of carbonyl (C=O) groups excluding carboxylic acids is 2. The van der Waals surface area contributed by atoms with Crippen LogP contribution >= 0.6 is 11.3 Å². The molecular weight excluding hydrogens is 374 g/mol. The third kappa shape index (κ3) is 3.43. The highest BCUT2D eigenvalue weighted by Crippen LogP contribution is 2.31. The van der Waals surface area contributed by atoms with Gasteiger partial charge in [-0.05, 0) is 31.2 Å². The van der Waals surface area contributed by atoms with Crippen LogP contribution in [0.1, 0.15) is 54.4 Å². The SMILES string of the molecule is CC(C)c1nn(C)c2sc(C(=O)NC3CCN(C4CCN(C)C4=O)CC3)cc12. The first kappa shape index (κ1) is 19.4. The quantitative estimate of drug-likeness (QED) is 0.850. The lowest BCUT2D eigenvalue weighted by Crippen LogP contribution is -2.49. The zero-order valence-electron chi connectivity index (χ0n) is 17.1. The minimum absolute atomic E-state index is 0.00559. The Kier molecular flexibility index (Phi) is 5.18. The Morgan fingerprint density at radius 1 is 1.21 bits per heavy atom. The smallest absolute Gasteiger partial charge is 0.261 e. The molecule has 1 atom stereocenters. The number of fused-ring (bicyclic) bond motifs is 1. The van der Waals surface area contributed by atoms with Gasteiger partial charge in [0.2, 0.25) is 5.91 Å². The number of nitrogens with one attached hydrogen (secondary N) is 1. The van der Waals surface area contributed by atoms with E-state index < -0.39 is 0 Å². The molecule has 7 nitrogen and oxygen atoms in total. The lowest BCUT2D eigenvalue weighted by molar-refractivity contribution is -0.131. The van der Waals surface area contributed by atoms with Crippen molar-refractivity contribution in [1.82, 2.24) is 24.9 Å². The summed E-state index contributed by atoms with van der Waals surface area (Å²) in [5.41, 5.74) is 1.05. The molecule has 0 radical (unpaired) electrons. The summed E-state index contributed by atoms with van der Waals surface area (Å²) in [5, 5.41) is 8.88. The zero-order chi connectivity index (χ0) is 20.0. The second kappa shape index (κ2) is 7.48. The minimum Gasteiger partial charge on any atom is -0.349 e. The number of aromatic nitrogens is 2. The van der Waals surface area contributed by atoms with Crippen molar-refractivity contribution in [2.45, 2.75) is 51.1 Å². The Morgan fingerprint density at radius 2 is 1.93 bits per heavy atom. The summed E-state index contributed by atoms with van der Waals surface area (Å²) in [6.07, 6.45) is 2.70. The maximum atomic E-state index is 12.8. The highest BCUT2D eigenvalue weighted by atomic mass is 32.1. The summed E-state index contributed by atoms with van der Waals surface area (Å²) < 4.78 is 1.88. The van der Waals surface area contributed by atoms with E-state index in [-0.39, 0.29) is 23.9 Å². The summed E-state index contributed by atoms with van der Waals surface area (Å²) in [5.74, 6) is 0.573. The summed E-state index contributed by atoms with van der Waals surface area (Å²) in [6, 6.07) is 2.19. The minimum atomic E-state index is 0.00559. The molecule has 4 heterocycles. The van der Waals surface area contributed by atoms with Gasteiger partial charge in [-0.25, -0.2) is 0 Å². The van der Waals surface area contributed by atoms with Gasteiger partial charge in [0.1, 0.15) is 4.83 Å². The van der Waals surface area contributed by atoms with Gasteiger partial charge in [-0.2, -0.15) is 5.10 Å². The second-order valence-electron chi connectivity index (χ2n) is 8.34. The molecule has 28 heavy (non-hydrogen) atoms. The molecule has 8 heteroatoms. The van der Waals surface area contributed by atoms with Crippen LogP contribution in [-0.2, 0) is 11.8 Å². The highest BCUT2D eigenvalue weighted by molar-refractivity contribution is 7.20. The predicted octanol–water partition coefficient (Wildman–Crippen LogP) is 2.18. The van der Waals surface area contributed by atoms with Crippen LogP contribution in [0.5, 0.6) is 0 Å². The van der Waals surface area contributed by atoms with Crippen LogP contribution in [0.2, 0.25) is 0 Å². The van der Waals surface area contributed by atoms with Gasteiger partial charge in [0.25, 0.3) is 5.91 Å². The van der Waals surface area contributed by atoms with Crippen molar-refractivity contribution in [3.05, 3.63) is 16.6 Å². The second-order valence-corrected chi connectivity index (χ2v) is 9.37. The Morgan fingerprint density at radius 3 is 2.54 bits per heavy atom. The van der Waals surface area contributed by atoms with Crippen LogP contribution < -0.4 is 5.32 Å². The van der Waals surface area contributed by atoms with Crippen molar-refractivity contribution in [3.8, 4) is 0 Å². The average molecular weight is 404 g/mol. The maximum Gasteiger partial charge on any atom is 0.261 e. The van der Waals surface area contributed by atoms with E-state index in [1.54, 1.807) is 0 Å². The Labute approximate surface area is 169 Å². The number of likely N-dealkylation sites (tertiary alicyclic amines) is 2. The number of carbonyl (C=O) groups is 2. The number of aryl methyl sites for hydroxylation is 1.